The zero-order valence-electron chi connectivity index (χ0n) is 17.1. The Kier molecular flexibility index (Phi) is 4.06. The Bertz CT molecular complexity index is 1440. The Morgan fingerprint density at radius 1 is 1.00 bits per heavy atom. The smallest absolute Gasteiger partial charge is 0.272 e. The molecule has 1 aliphatic rings. The summed E-state index contributed by atoms with van der Waals surface area (Å²) in [6.07, 6.45) is 0. The normalized spacial score (nSPS) is 16.0. The van der Waals surface area contributed by atoms with E-state index < -0.39 is 5.92 Å². The Hall–Kier alpha value is -3.79. The molecule has 0 amide bonds. The minimum Gasteiger partial charge on any atom is -0.478 e. The predicted octanol–water partition coefficient (Wildman–Crippen LogP) is 3.96. The van der Waals surface area contributed by atoms with Crippen molar-refractivity contribution in [3.05, 3.63) is 48.0 Å². The molecule has 0 bridgehead atoms. The standard InChI is InChI=1S/C22H19F2N7O/c1-32-21-19(28-30-29-21)13-3-4-15-17(7-13)26-27-20(15)18-8-14-6-12(2-5-16(14)25-18)9-31-10-22(23,24)11-31/h2-8,25H,9-11H2,1H3,(H,26,27)(H,28,29,30). The van der Waals surface area contributed by atoms with Gasteiger partial charge in [0.1, 0.15) is 5.69 Å². The highest BCUT2D eigenvalue weighted by Gasteiger charge is 2.43. The fourth-order valence-corrected chi connectivity index (χ4v) is 4.31. The summed E-state index contributed by atoms with van der Waals surface area (Å²) >= 11 is 0. The van der Waals surface area contributed by atoms with Crippen LogP contribution in [0.5, 0.6) is 5.88 Å². The van der Waals surface area contributed by atoms with E-state index in [1.54, 1.807) is 12.0 Å². The molecule has 8 nitrogen and oxygen atoms in total. The van der Waals surface area contributed by atoms with E-state index in [-0.39, 0.29) is 13.1 Å². The Balaban J connectivity index is 1.31. The number of hydrogen-bond donors (Lipinski definition) is 3. The summed E-state index contributed by atoms with van der Waals surface area (Å²) < 4.78 is 31.4. The van der Waals surface area contributed by atoms with Gasteiger partial charge >= 0.3 is 0 Å². The first-order chi connectivity index (χ1) is 15.5. The van der Waals surface area contributed by atoms with Gasteiger partial charge in [-0.15, -0.1) is 5.10 Å². The average Bonchev–Trinajstić information content (AvgIpc) is 3.48. The second kappa shape index (κ2) is 6.86. The number of H-pyrrole nitrogens is 3. The monoisotopic (exact) mass is 435 g/mol. The van der Waals surface area contributed by atoms with Gasteiger partial charge in [0.05, 0.1) is 31.4 Å². The highest BCUT2D eigenvalue weighted by Crippen LogP contribution is 2.33. The first-order valence-electron chi connectivity index (χ1n) is 10.1. The topological polar surface area (TPSA) is 98.5 Å². The number of hydrogen-bond acceptors (Lipinski definition) is 5. The van der Waals surface area contributed by atoms with E-state index in [4.69, 9.17) is 4.74 Å². The largest absolute Gasteiger partial charge is 0.478 e. The summed E-state index contributed by atoms with van der Waals surface area (Å²) in [4.78, 5) is 5.16. The number of ether oxygens (including phenoxy) is 1. The molecule has 3 aromatic heterocycles. The van der Waals surface area contributed by atoms with Gasteiger partial charge in [-0.05, 0) is 35.9 Å². The lowest BCUT2D eigenvalue weighted by Gasteiger charge is -2.38. The molecule has 3 N–H and O–H groups in total. The molecule has 1 saturated heterocycles. The van der Waals surface area contributed by atoms with Crippen molar-refractivity contribution < 1.29 is 13.5 Å². The summed E-state index contributed by atoms with van der Waals surface area (Å²) in [5.41, 5.74) is 6.01. The van der Waals surface area contributed by atoms with Gasteiger partial charge in [0.15, 0.2) is 5.69 Å². The summed E-state index contributed by atoms with van der Waals surface area (Å²) in [5.74, 6) is -2.12. The molecule has 0 aliphatic carbocycles. The van der Waals surface area contributed by atoms with E-state index in [2.05, 4.69) is 30.6 Å². The van der Waals surface area contributed by atoms with Gasteiger partial charge in [-0.3, -0.25) is 10.00 Å². The van der Waals surface area contributed by atoms with Crippen molar-refractivity contribution in [2.45, 2.75) is 12.5 Å². The van der Waals surface area contributed by atoms with Crippen LogP contribution in [0.3, 0.4) is 0 Å². The molecule has 6 rings (SSSR count). The number of methoxy groups -OCH3 is 1. The molecule has 1 fully saturated rings. The van der Waals surface area contributed by atoms with Gasteiger partial charge in [0.25, 0.3) is 11.8 Å². The van der Waals surface area contributed by atoms with E-state index in [9.17, 15) is 8.78 Å². The van der Waals surface area contributed by atoms with Crippen LogP contribution in [0.25, 0.3) is 44.5 Å². The van der Waals surface area contributed by atoms with E-state index >= 15 is 0 Å². The average molecular weight is 435 g/mol. The second-order valence-corrected chi connectivity index (χ2v) is 8.12. The molecule has 0 atom stereocenters. The zero-order chi connectivity index (χ0) is 21.9. The molecule has 1 aliphatic heterocycles. The minimum atomic E-state index is -2.55. The lowest BCUT2D eigenvalue weighted by molar-refractivity contribution is -0.133. The van der Waals surface area contributed by atoms with Crippen molar-refractivity contribution in [1.29, 1.82) is 0 Å². The maximum atomic E-state index is 13.1. The van der Waals surface area contributed by atoms with Crippen LogP contribution in [0, 0.1) is 0 Å². The fourth-order valence-electron chi connectivity index (χ4n) is 4.31. The molecule has 0 radical (unpaired) electrons. The third-order valence-electron chi connectivity index (χ3n) is 5.80. The van der Waals surface area contributed by atoms with Gasteiger partial charge in [0, 0.05) is 28.4 Å². The van der Waals surface area contributed by atoms with Crippen molar-refractivity contribution in [1.82, 2.24) is 35.5 Å². The summed E-state index contributed by atoms with van der Waals surface area (Å²) in [5, 5.41) is 20.3. The number of alkyl halides is 2. The summed E-state index contributed by atoms with van der Waals surface area (Å²) in [6.45, 7) is 0.168. The Morgan fingerprint density at radius 2 is 1.88 bits per heavy atom. The molecule has 2 aromatic carbocycles. The number of benzene rings is 2. The fraction of sp³-hybridized carbons (Fsp3) is 0.227. The van der Waals surface area contributed by atoms with Crippen molar-refractivity contribution in [3.63, 3.8) is 0 Å². The highest BCUT2D eigenvalue weighted by molar-refractivity contribution is 5.97. The van der Waals surface area contributed by atoms with Crippen LogP contribution < -0.4 is 4.74 Å². The van der Waals surface area contributed by atoms with Crippen LogP contribution in [0.2, 0.25) is 0 Å². The predicted molar refractivity (Wildman–Crippen MR) is 116 cm³/mol. The second-order valence-electron chi connectivity index (χ2n) is 8.12. The molecule has 32 heavy (non-hydrogen) atoms. The number of aromatic nitrogens is 6. The third-order valence-corrected chi connectivity index (χ3v) is 5.80. The van der Waals surface area contributed by atoms with E-state index in [1.807, 2.05) is 42.5 Å². The first kappa shape index (κ1) is 18.9. The maximum absolute atomic E-state index is 13.1. The zero-order valence-corrected chi connectivity index (χ0v) is 17.1. The third kappa shape index (κ3) is 3.11. The van der Waals surface area contributed by atoms with Gasteiger partial charge in [-0.25, -0.2) is 8.78 Å². The van der Waals surface area contributed by atoms with Crippen LogP contribution in [-0.4, -0.2) is 61.6 Å². The van der Waals surface area contributed by atoms with Crippen molar-refractivity contribution in [2.75, 3.05) is 20.2 Å². The first-order valence-corrected chi connectivity index (χ1v) is 10.1. The summed E-state index contributed by atoms with van der Waals surface area (Å²) in [6, 6.07) is 13.9. The lowest BCUT2D eigenvalue weighted by Crippen LogP contribution is -2.55. The molecule has 4 heterocycles. The van der Waals surface area contributed by atoms with Crippen molar-refractivity contribution >= 4 is 21.8 Å². The van der Waals surface area contributed by atoms with E-state index in [1.165, 1.54) is 0 Å². The van der Waals surface area contributed by atoms with Crippen molar-refractivity contribution in [3.8, 4) is 28.5 Å². The number of halogens is 2. The van der Waals surface area contributed by atoms with Gasteiger partial charge in [-0.2, -0.15) is 15.4 Å². The number of rotatable bonds is 5. The van der Waals surface area contributed by atoms with Gasteiger partial charge < -0.3 is 9.72 Å². The van der Waals surface area contributed by atoms with E-state index in [0.29, 0.717) is 18.1 Å². The highest BCUT2D eigenvalue weighted by atomic mass is 19.3. The van der Waals surface area contributed by atoms with Crippen LogP contribution in [0.15, 0.2) is 42.5 Å². The summed E-state index contributed by atoms with van der Waals surface area (Å²) in [7, 11) is 1.55. The molecule has 0 saturated carbocycles. The Morgan fingerprint density at radius 3 is 2.69 bits per heavy atom. The number of likely N-dealkylation sites (tertiary alicyclic amines) is 1. The minimum absolute atomic E-state index is 0.176. The molecular weight excluding hydrogens is 416 g/mol. The van der Waals surface area contributed by atoms with Crippen LogP contribution in [-0.2, 0) is 6.54 Å². The van der Waals surface area contributed by atoms with Crippen LogP contribution >= 0.6 is 0 Å². The van der Waals surface area contributed by atoms with Crippen LogP contribution in [0.1, 0.15) is 5.56 Å². The van der Waals surface area contributed by atoms with Gasteiger partial charge in [0.2, 0.25) is 0 Å². The number of nitrogens with one attached hydrogen (secondary N) is 3. The number of fused-ring (bicyclic) bond motifs is 2. The van der Waals surface area contributed by atoms with Crippen molar-refractivity contribution in [2.24, 2.45) is 0 Å². The number of nitrogens with zero attached hydrogens (tertiary/aromatic N) is 4. The number of aromatic amines is 3. The molecular formula is C22H19F2N7O. The molecule has 162 valence electrons. The Labute approximate surface area is 180 Å². The molecule has 5 aromatic rings. The van der Waals surface area contributed by atoms with Crippen LogP contribution in [0.4, 0.5) is 8.78 Å². The maximum Gasteiger partial charge on any atom is 0.272 e. The SMILES string of the molecule is COc1n[nH]nc1-c1ccc2c(-c3cc4cc(CN5CC(F)(F)C5)ccc4[nH]3)n[nH]c2c1. The van der Waals surface area contributed by atoms with E-state index in [0.717, 1.165) is 44.3 Å². The molecule has 0 spiro atoms. The molecule has 0 unspecified atom stereocenters. The molecule has 10 heteroatoms. The van der Waals surface area contributed by atoms with Gasteiger partial charge in [-0.1, -0.05) is 12.1 Å². The lowest BCUT2D eigenvalue weighted by atomic mass is 10.1. The quantitative estimate of drug-likeness (QED) is 0.388.